The Morgan fingerprint density at radius 3 is 1.52 bits per heavy atom. The molecule has 0 unspecified atom stereocenters. The molecule has 0 bridgehead atoms. The summed E-state index contributed by atoms with van der Waals surface area (Å²) < 4.78 is 51.2. The van der Waals surface area contributed by atoms with Crippen LogP contribution in [0.4, 0.5) is 0 Å². The first kappa shape index (κ1) is 21.9. The predicted octanol–water partition coefficient (Wildman–Crippen LogP) is 3.28. The van der Waals surface area contributed by atoms with Crippen LogP contribution in [-0.2, 0) is 19.7 Å². The van der Waals surface area contributed by atoms with Crippen LogP contribution >= 0.6 is 11.6 Å². The van der Waals surface area contributed by atoms with Crippen LogP contribution in [0.25, 0.3) is 0 Å². The van der Waals surface area contributed by atoms with Crippen LogP contribution in [0.1, 0.15) is 20.3 Å². The molecule has 1 atom stereocenters. The number of sulfone groups is 2. The van der Waals surface area contributed by atoms with E-state index >= 15 is 0 Å². The van der Waals surface area contributed by atoms with Crippen molar-refractivity contribution in [2.24, 2.45) is 5.92 Å². The highest BCUT2D eigenvalue weighted by atomic mass is 35.5. The molecule has 0 heterocycles. The Kier molecular flexibility index (Phi) is 6.73. The van der Waals surface area contributed by atoms with Crippen molar-refractivity contribution >= 4 is 31.3 Å². The first-order valence-electron chi connectivity index (χ1n) is 8.43. The van der Waals surface area contributed by atoms with Gasteiger partial charge in [0.05, 0.1) is 21.3 Å². The minimum absolute atomic E-state index is 0.102. The lowest BCUT2D eigenvalue weighted by atomic mass is 9.93. The molecule has 2 aromatic rings. The Morgan fingerprint density at radius 2 is 1.22 bits per heavy atom. The Morgan fingerprint density at radius 1 is 0.852 bits per heavy atom. The highest BCUT2D eigenvalue weighted by Gasteiger charge is 2.46. The van der Waals surface area contributed by atoms with Crippen molar-refractivity contribution in [3.63, 3.8) is 0 Å². The Bertz CT molecular complexity index is 888. The molecule has 1 N–H and O–H groups in total. The molecule has 0 aliphatic rings. The van der Waals surface area contributed by atoms with Crippen molar-refractivity contribution < 1.29 is 21.9 Å². The molecule has 0 amide bonds. The van der Waals surface area contributed by atoms with Crippen LogP contribution in [0.2, 0.25) is 0 Å². The molecule has 5 nitrogen and oxygen atoms in total. The molecule has 0 radical (unpaired) electrons. The number of hydrogen-bond donors (Lipinski definition) is 1. The maximum Gasteiger partial charge on any atom is 0.196 e. The van der Waals surface area contributed by atoms with Gasteiger partial charge in [0.25, 0.3) is 0 Å². The summed E-state index contributed by atoms with van der Waals surface area (Å²) in [6, 6.07) is 14.8. The second kappa shape index (κ2) is 8.31. The van der Waals surface area contributed by atoms with E-state index in [0.717, 1.165) is 0 Å². The second-order valence-corrected chi connectivity index (χ2v) is 12.0. The summed E-state index contributed by atoms with van der Waals surface area (Å²) in [6.45, 7) is 2.88. The van der Waals surface area contributed by atoms with Gasteiger partial charge < -0.3 is 5.11 Å². The zero-order valence-electron chi connectivity index (χ0n) is 15.1. The van der Waals surface area contributed by atoms with Gasteiger partial charge in [-0.3, -0.25) is 0 Å². The summed E-state index contributed by atoms with van der Waals surface area (Å²) in [7, 11) is -8.53. The molecule has 0 aliphatic heterocycles. The summed E-state index contributed by atoms with van der Waals surface area (Å²) in [4.78, 5) is -1.60. The average molecular weight is 431 g/mol. The van der Waals surface area contributed by atoms with Crippen molar-refractivity contribution in [3.8, 4) is 0 Å². The van der Waals surface area contributed by atoms with Gasteiger partial charge in [0.15, 0.2) is 24.3 Å². The van der Waals surface area contributed by atoms with Crippen LogP contribution in [-0.4, -0.2) is 38.0 Å². The van der Waals surface area contributed by atoms with Crippen LogP contribution in [0, 0.1) is 5.92 Å². The zero-order valence-corrected chi connectivity index (χ0v) is 17.5. The molecule has 0 aliphatic carbocycles. The van der Waals surface area contributed by atoms with Gasteiger partial charge in [-0.15, -0.1) is 11.6 Å². The normalized spacial score (nSPS) is 15.0. The van der Waals surface area contributed by atoms with E-state index in [1.54, 1.807) is 26.0 Å². The number of rotatable bonds is 8. The van der Waals surface area contributed by atoms with E-state index in [2.05, 4.69) is 0 Å². The summed E-state index contributed by atoms with van der Waals surface area (Å²) in [5.74, 6) is -0.344. The minimum atomic E-state index is -4.27. The van der Waals surface area contributed by atoms with Crippen LogP contribution in [0.3, 0.4) is 0 Å². The number of alkyl halides is 1. The van der Waals surface area contributed by atoms with Crippen LogP contribution in [0.5, 0.6) is 0 Å². The molecule has 0 aromatic heterocycles. The topological polar surface area (TPSA) is 88.5 Å². The third-order valence-electron chi connectivity index (χ3n) is 4.64. The van der Waals surface area contributed by atoms with Crippen molar-refractivity contribution in [2.45, 2.75) is 39.5 Å². The van der Waals surface area contributed by atoms with Gasteiger partial charge in [-0.25, -0.2) is 16.8 Å². The Balaban J connectivity index is 2.67. The van der Waals surface area contributed by atoms with E-state index in [1.807, 2.05) is 0 Å². The molecular formula is C19H23ClO5S2. The molecular weight excluding hydrogens is 408 g/mol. The van der Waals surface area contributed by atoms with E-state index in [9.17, 15) is 21.9 Å². The fourth-order valence-electron chi connectivity index (χ4n) is 2.67. The second-order valence-electron chi connectivity index (χ2n) is 6.70. The minimum Gasteiger partial charge on any atom is -0.395 e. The average Bonchev–Trinajstić information content (AvgIpc) is 2.66. The quantitative estimate of drug-likeness (QED) is 0.649. The maximum atomic E-state index is 13.2. The molecule has 0 saturated carbocycles. The fourth-order valence-corrected chi connectivity index (χ4v) is 7.72. The first-order valence-corrected chi connectivity index (χ1v) is 11.9. The SMILES string of the molecule is CC(C)[C@@](Cl)(CO)CC(S(=O)(=O)c1ccccc1)S(=O)(=O)c1ccccc1. The zero-order chi connectivity index (χ0) is 20.3. The van der Waals surface area contributed by atoms with Gasteiger partial charge in [0, 0.05) is 6.42 Å². The third-order valence-corrected chi connectivity index (χ3v) is 10.4. The highest BCUT2D eigenvalue weighted by Crippen LogP contribution is 2.37. The summed E-state index contributed by atoms with van der Waals surface area (Å²) in [5, 5.41) is 9.76. The lowest BCUT2D eigenvalue weighted by molar-refractivity contribution is 0.205. The monoisotopic (exact) mass is 430 g/mol. The summed E-state index contributed by atoms with van der Waals surface area (Å²) >= 11 is 6.46. The molecule has 2 aromatic carbocycles. The van der Waals surface area contributed by atoms with E-state index in [1.165, 1.54) is 48.5 Å². The molecule has 0 fully saturated rings. The number of halogens is 1. The van der Waals surface area contributed by atoms with Gasteiger partial charge >= 0.3 is 0 Å². The van der Waals surface area contributed by atoms with Gasteiger partial charge in [-0.1, -0.05) is 50.2 Å². The van der Waals surface area contributed by atoms with E-state index in [-0.39, 0.29) is 15.7 Å². The van der Waals surface area contributed by atoms with Crippen molar-refractivity contribution in [2.75, 3.05) is 6.61 Å². The molecule has 8 heteroatoms. The fraction of sp³-hybridized carbons (Fsp3) is 0.368. The van der Waals surface area contributed by atoms with Gasteiger partial charge in [-0.05, 0) is 30.2 Å². The van der Waals surface area contributed by atoms with Gasteiger partial charge in [-0.2, -0.15) is 0 Å². The maximum absolute atomic E-state index is 13.2. The number of aliphatic hydroxyl groups is 1. The predicted molar refractivity (Wildman–Crippen MR) is 106 cm³/mol. The van der Waals surface area contributed by atoms with E-state index in [0.29, 0.717) is 0 Å². The Hall–Kier alpha value is -1.41. The van der Waals surface area contributed by atoms with E-state index in [4.69, 9.17) is 11.6 Å². The highest BCUT2D eigenvalue weighted by molar-refractivity contribution is 8.09. The lowest BCUT2D eigenvalue weighted by Gasteiger charge is -2.32. The molecule has 27 heavy (non-hydrogen) atoms. The number of benzene rings is 2. The first-order chi connectivity index (χ1) is 12.6. The van der Waals surface area contributed by atoms with Crippen molar-refractivity contribution in [1.29, 1.82) is 0 Å². The van der Waals surface area contributed by atoms with Crippen LogP contribution < -0.4 is 0 Å². The molecule has 2 rings (SSSR count). The Labute approximate surface area is 165 Å². The van der Waals surface area contributed by atoms with Crippen molar-refractivity contribution in [3.05, 3.63) is 60.7 Å². The van der Waals surface area contributed by atoms with Crippen molar-refractivity contribution in [1.82, 2.24) is 0 Å². The number of aliphatic hydroxyl groups excluding tert-OH is 1. The standard InChI is InChI=1S/C19H23ClO5S2/c1-15(2)19(20,14-21)13-18(26(22,23)16-9-5-3-6-10-16)27(24,25)17-11-7-4-8-12-17/h3-12,15,18,21H,13-14H2,1-2H3/t19-/m0/s1. The van der Waals surface area contributed by atoms with Gasteiger partial charge in [0.1, 0.15) is 0 Å². The van der Waals surface area contributed by atoms with Gasteiger partial charge in [0.2, 0.25) is 0 Å². The molecule has 0 saturated heterocycles. The molecule has 148 valence electrons. The van der Waals surface area contributed by atoms with Crippen LogP contribution in [0.15, 0.2) is 70.5 Å². The largest absolute Gasteiger partial charge is 0.395 e. The van der Waals surface area contributed by atoms with E-state index < -0.39 is 42.2 Å². The lowest BCUT2D eigenvalue weighted by Crippen LogP contribution is -2.42. The third kappa shape index (κ3) is 4.54. The molecule has 0 spiro atoms. The summed E-state index contributed by atoms with van der Waals surface area (Å²) in [6.07, 6.45) is -0.433. The number of hydrogen-bond acceptors (Lipinski definition) is 5. The summed E-state index contributed by atoms with van der Waals surface area (Å²) in [5.41, 5.74) is 0. The smallest absolute Gasteiger partial charge is 0.196 e.